The molecular weight excluding hydrogens is 158 g/mol. The molecule has 0 bridgehead atoms. The Balaban J connectivity index is 2.20. The van der Waals surface area contributed by atoms with Gasteiger partial charge in [0.15, 0.2) is 0 Å². The second kappa shape index (κ2) is 2.45. The monoisotopic (exact) mass is 169 g/mol. The van der Waals surface area contributed by atoms with Gasteiger partial charge in [-0.25, -0.2) is 0 Å². The van der Waals surface area contributed by atoms with Gasteiger partial charge in [0.05, 0.1) is 6.54 Å². The molecule has 0 saturated carbocycles. The van der Waals surface area contributed by atoms with Crippen molar-refractivity contribution in [3.8, 4) is 0 Å². The summed E-state index contributed by atoms with van der Waals surface area (Å²) < 4.78 is 0. The van der Waals surface area contributed by atoms with Crippen LogP contribution in [0.1, 0.15) is 6.42 Å². The molecule has 5 heteroatoms. The quantitative estimate of drug-likeness (QED) is 0.442. The van der Waals surface area contributed by atoms with E-state index in [9.17, 15) is 9.59 Å². The van der Waals surface area contributed by atoms with E-state index >= 15 is 0 Å². The molecule has 0 aromatic rings. The van der Waals surface area contributed by atoms with Crippen LogP contribution in [0.5, 0.6) is 0 Å². The van der Waals surface area contributed by atoms with Gasteiger partial charge < -0.3 is 16.0 Å². The molecule has 0 radical (unpaired) electrons. The van der Waals surface area contributed by atoms with Crippen molar-refractivity contribution in [2.75, 3.05) is 13.1 Å². The Morgan fingerprint density at radius 2 is 2.25 bits per heavy atom. The van der Waals surface area contributed by atoms with E-state index in [4.69, 9.17) is 5.73 Å². The van der Waals surface area contributed by atoms with Crippen molar-refractivity contribution in [2.24, 2.45) is 5.73 Å². The van der Waals surface area contributed by atoms with Gasteiger partial charge in [-0.05, 0) is 6.42 Å². The fourth-order valence-electron chi connectivity index (χ4n) is 1.77. The molecule has 12 heavy (non-hydrogen) atoms. The van der Waals surface area contributed by atoms with Crippen LogP contribution < -0.4 is 11.1 Å². The van der Waals surface area contributed by atoms with Crippen LogP contribution in [0.25, 0.3) is 0 Å². The van der Waals surface area contributed by atoms with Gasteiger partial charge >= 0.3 is 0 Å². The van der Waals surface area contributed by atoms with E-state index in [1.54, 1.807) is 4.90 Å². The third-order valence-electron chi connectivity index (χ3n) is 2.37. The molecule has 0 spiro atoms. The molecule has 2 saturated heterocycles. The number of amides is 2. The first-order valence-electron chi connectivity index (χ1n) is 4.01. The third kappa shape index (κ3) is 0.972. The van der Waals surface area contributed by atoms with Crippen molar-refractivity contribution in [3.05, 3.63) is 0 Å². The SMILES string of the molecule is N[C@H]1C[C@H]2C(=O)NCC(=O)N2C1. The van der Waals surface area contributed by atoms with Crippen LogP contribution >= 0.6 is 0 Å². The summed E-state index contributed by atoms with van der Waals surface area (Å²) in [5, 5.41) is 2.54. The second-order valence-corrected chi connectivity index (χ2v) is 3.28. The molecule has 2 aliphatic heterocycles. The Labute approximate surface area is 69.9 Å². The van der Waals surface area contributed by atoms with Gasteiger partial charge in [-0.15, -0.1) is 0 Å². The van der Waals surface area contributed by atoms with E-state index in [0.29, 0.717) is 13.0 Å². The highest BCUT2D eigenvalue weighted by Crippen LogP contribution is 2.18. The van der Waals surface area contributed by atoms with Crippen molar-refractivity contribution < 1.29 is 9.59 Å². The Hall–Kier alpha value is -1.10. The molecule has 3 N–H and O–H groups in total. The molecule has 5 nitrogen and oxygen atoms in total. The topological polar surface area (TPSA) is 75.4 Å². The number of piperazine rings is 1. The summed E-state index contributed by atoms with van der Waals surface area (Å²) in [4.78, 5) is 24.0. The molecule has 0 aliphatic carbocycles. The Kier molecular flexibility index (Phi) is 1.54. The molecular formula is C7H11N3O2. The zero-order valence-corrected chi connectivity index (χ0v) is 6.62. The number of hydrogen-bond donors (Lipinski definition) is 2. The maximum absolute atomic E-state index is 11.2. The Morgan fingerprint density at radius 3 is 2.92 bits per heavy atom. The molecule has 2 amide bonds. The summed E-state index contributed by atoms with van der Waals surface area (Å²) in [5.74, 6) is -0.0879. The standard InChI is InChI=1S/C7H11N3O2/c8-4-1-5-7(12)9-2-6(11)10(5)3-4/h4-5H,1-3,8H2,(H,9,12)/t4-,5-/m0/s1. The number of carbonyl (C=O) groups is 2. The Bertz CT molecular complexity index is 217. The molecule has 0 unspecified atom stereocenters. The lowest BCUT2D eigenvalue weighted by Crippen LogP contribution is -2.55. The van der Waals surface area contributed by atoms with E-state index in [-0.39, 0.29) is 30.4 Å². The van der Waals surface area contributed by atoms with E-state index in [2.05, 4.69) is 5.32 Å². The lowest BCUT2D eigenvalue weighted by Gasteiger charge is -2.28. The largest absolute Gasteiger partial charge is 0.345 e. The van der Waals surface area contributed by atoms with E-state index in [1.807, 2.05) is 0 Å². The van der Waals surface area contributed by atoms with Gasteiger partial charge in [0.2, 0.25) is 11.8 Å². The molecule has 66 valence electrons. The average molecular weight is 169 g/mol. The molecule has 2 heterocycles. The smallest absolute Gasteiger partial charge is 0.243 e. The number of nitrogens with one attached hydrogen (secondary N) is 1. The zero-order chi connectivity index (χ0) is 8.72. The third-order valence-corrected chi connectivity index (χ3v) is 2.37. The lowest BCUT2D eigenvalue weighted by atomic mass is 10.1. The Morgan fingerprint density at radius 1 is 1.50 bits per heavy atom. The number of hydrogen-bond acceptors (Lipinski definition) is 3. The van der Waals surface area contributed by atoms with Gasteiger partial charge in [-0.1, -0.05) is 0 Å². The fraction of sp³-hybridized carbons (Fsp3) is 0.714. The van der Waals surface area contributed by atoms with Gasteiger partial charge in [0, 0.05) is 12.6 Å². The number of nitrogens with zero attached hydrogens (tertiary/aromatic N) is 1. The van der Waals surface area contributed by atoms with Gasteiger partial charge in [-0.3, -0.25) is 9.59 Å². The van der Waals surface area contributed by atoms with Gasteiger partial charge in [0.1, 0.15) is 6.04 Å². The normalized spacial score (nSPS) is 34.9. The van der Waals surface area contributed by atoms with Crippen LogP contribution in [0, 0.1) is 0 Å². The average Bonchev–Trinajstić information content (AvgIpc) is 2.41. The highest BCUT2D eigenvalue weighted by atomic mass is 16.2. The predicted molar refractivity (Wildman–Crippen MR) is 41.1 cm³/mol. The van der Waals surface area contributed by atoms with Crippen molar-refractivity contribution in [1.29, 1.82) is 0 Å². The summed E-state index contributed by atoms with van der Waals surface area (Å²) in [6, 6.07) is -0.343. The summed E-state index contributed by atoms with van der Waals surface area (Å²) in [6.45, 7) is 0.652. The maximum Gasteiger partial charge on any atom is 0.243 e. The van der Waals surface area contributed by atoms with Crippen molar-refractivity contribution in [1.82, 2.24) is 10.2 Å². The summed E-state index contributed by atoms with van der Waals surface area (Å²) >= 11 is 0. The maximum atomic E-state index is 11.2. The van der Waals surface area contributed by atoms with E-state index in [0.717, 1.165) is 0 Å². The van der Waals surface area contributed by atoms with E-state index < -0.39 is 0 Å². The first kappa shape index (κ1) is 7.54. The highest BCUT2D eigenvalue weighted by Gasteiger charge is 2.40. The first-order valence-corrected chi connectivity index (χ1v) is 4.01. The zero-order valence-electron chi connectivity index (χ0n) is 6.62. The van der Waals surface area contributed by atoms with Crippen molar-refractivity contribution in [2.45, 2.75) is 18.5 Å². The summed E-state index contributed by atoms with van der Waals surface area (Å²) in [6.07, 6.45) is 0.595. The van der Waals surface area contributed by atoms with Gasteiger partial charge in [0.25, 0.3) is 0 Å². The fourth-order valence-corrected chi connectivity index (χ4v) is 1.77. The molecule has 0 aromatic heterocycles. The van der Waals surface area contributed by atoms with Crippen LogP contribution in [0.15, 0.2) is 0 Å². The van der Waals surface area contributed by atoms with Crippen LogP contribution in [-0.4, -0.2) is 41.9 Å². The molecule has 2 aliphatic rings. The van der Waals surface area contributed by atoms with Crippen molar-refractivity contribution >= 4 is 11.8 Å². The van der Waals surface area contributed by atoms with E-state index in [1.165, 1.54) is 0 Å². The van der Waals surface area contributed by atoms with Crippen molar-refractivity contribution in [3.63, 3.8) is 0 Å². The number of rotatable bonds is 0. The summed E-state index contributed by atoms with van der Waals surface area (Å²) in [7, 11) is 0. The number of carbonyl (C=O) groups excluding carboxylic acids is 2. The molecule has 2 atom stereocenters. The van der Waals surface area contributed by atoms with Crippen LogP contribution in [0.2, 0.25) is 0 Å². The van der Waals surface area contributed by atoms with Crippen LogP contribution in [0.3, 0.4) is 0 Å². The molecule has 2 rings (SSSR count). The minimum atomic E-state index is -0.304. The number of nitrogens with two attached hydrogens (primary N) is 1. The number of fused-ring (bicyclic) bond motifs is 1. The molecule has 0 aromatic carbocycles. The minimum absolute atomic E-state index is 0.0208. The molecule has 2 fully saturated rings. The first-order chi connectivity index (χ1) is 5.68. The van der Waals surface area contributed by atoms with Crippen LogP contribution in [-0.2, 0) is 9.59 Å². The minimum Gasteiger partial charge on any atom is -0.345 e. The van der Waals surface area contributed by atoms with Gasteiger partial charge in [-0.2, -0.15) is 0 Å². The summed E-state index contributed by atoms with van der Waals surface area (Å²) in [5.41, 5.74) is 5.64. The second-order valence-electron chi connectivity index (χ2n) is 3.28. The highest BCUT2D eigenvalue weighted by molar-refractivity contribution is 5.95. The lowest BCUT2D eigenvalue weighted by molar-refractivity contribution is -0.143. The predicted octanol–water partition coefficient (Wildman–Crippen LogP) is -1.96. The van der Waals surface area contributed by atoms with Crippen LogP contribution in [0.4, 0.5) is 0 Å².